The lowest BCUT2D eigenvalue weighted by molar-refractivity contribution is 0.249. The maximum absolute atomic E-state index is 9.30. The van der Waals surface area contributed by atoms with Crippen LogP contribution in [0.3, 0.4) is 0 Å². The van der Waals surface area contributed by atoms with Gasteiger partial charge in [0.1, 0.15) is 5.65 Å². The molecule has 35 heavy (non-hydrogen) atoms. The Morgan fingerprint density at radius 1 is 1.03 bits per heavy atom. The van der Waals surface area contributed by atoms with E-state index in [4.69, 9.17) is 9.97 Å². The molecule has 176 valence electrons. The van der Waals surface area contributed by atoms with Crippen LogP contribution in [0, 0.1) is 11.3 Å². The highest BCUT2D eigenvalue weighted by atomic mass is 15.3. The van der Waals surface area contributed by atoms with Crippen molar-refractivity contribution in [2.24, 2.45) is 0 Å². The van der Waals surface area contributed by atoms with E-state index in [9.17, 15) is 5.26 Å². The number of benzene rings is 1. The molecule has 3 heterocycles. The molecule has 0 atom stereocenters. The number of rotatable bonds is 4. The second-order valence-corrected chi connectivity index (χ2v) is 9.38. The summed E-state index contributed by atoms with van der Waals surface area (Å²) in [4.78, 5) is 14.8. The van der Waals surface area contributed by atoms with E-state index in [2.05, 4.69) is 77.7 Å². The van der Waals surface area contributed by atoms with Crippen molar-refractivity contribution in [1.82, 2.24) is 19.3 Å². The molecule has 0 N–H and O–H groups in total. The quantitative estimate of drug-likeness (QED) is 0.530. The average Bonchev–Trinajstić information content (AvgIpc) is 3.35. The van der Waals surface area contributed by atoms with Gasteiger partial charge < -0.3 is 9.80 Å². The first kappa shape index (κ1) is 22.8. The molecule has 1 aliphatic heterocycles. The molecule has 3 aromatic rings. The molecule has 2 aliphatic rings. The van der Waals surface area contributed by atoms with Crippen LogP contribution in [0.1, 0.15) is 30.9 Å². The Bertz CT molecular complexity index is 1390. The van der Waals surface area contributed by atoms with E-state index >= 15 is 0 Å². The zero-order valence-electron chi connectivity index (χ0n) is 20.5. The van der Waals surface area contributed by atoms with E-state index in [0.717, 1.165) is 59.9 Å². The standard InChI is InChI=1S/C29H30N6/c1-21-6-4-8-23(9-5-7-21)26-27(24-12-10-22(20-30)11-13-24)32-29(35-19-16-31-28(26)35)34-17-14-25(15-18-34)33(2)3/h4-13,16,19,25H,14-15,17-18H2,1-3H3/b6-4?,7-5?,8-4-,9-5?,21-6?,21-7?,23-8?,23-9+. The molecule has 0 bridgehead atoms. The number of hydrogen-bond donors (Lipinski definition) is 0. The highest BCUT2D eigenvalue weighted by molar-refractivity contribution is 5.92. The van der Waals surface area contributed by atoms with Gasteiger partial charge in [0.15, 0.2) is 0 Å². The van der Waals surface area contributed by atoms with Gasteiger partial charge in [0.05, 0.1) is 22.9 Å². The fourth-order valence-corrected chi connectivity index (χ4v) is 4.83. The van der Waals surface area contributed by atoms with Gasteiger partial charge in [0.2, 0.25) is 5.95 Å². The minimum absolute atomic E-state index is 0.593. The largest absolute Gasteiger partial charge is 0.342 e. The third-order valence-corrected chi connectivity index (χ3v) is 6.85. The van der Waals surface area contributed by atoms with Crippen molar-refractivity contribution in [2.75, 3.05) is 32.1 Å². The summed E-state index contributed by atoms with van der Waals surface area (Å²) in [6, 6.07) is 10.5. The zero-order chi connectivity index (χ0) is 24.4. The van der Waals surface area contributed by atoms with Crippen molar-refractivity contribution in [3.05, 3.63) is 89.8 Å². The maximum atomic E-state index is 9.30. The summed E-state index contributed by atoms with van der Waals surface area (Å²) in [6.45, 7) is 3.99. The zero-order valence-corrected chi connectivity index (χ0v) is 20.5. The van der Waals surface area contributed by atoms with E-state index in [1.807, 2.05) is 36.7 Å². The second-order valence-electron chi connectivity index (χ2n) is 9.38. The average molecular weight is 463 g/mol. The number of piperidine rings is 1. The van der Waals surface area contributed by atoms with Crippen molar-refractivity contribution in [3.63, 3.8) is 0 Å². The fourth-order valence-electron chi connectivity index (χ4n) is 4.83. The lowest BCUT2D eigenvalue weighted by Crippen LogP contribution is -2.43. The summed E-state index contributed by atoms with van der Waals surface area (Å²) >= 11 is 0. The first-order valence-corrected chi connectivity index (χ1v) is 12.1. The molecule has 0 unspecified atom stereocenters. The number of aromatic nitrogens is 3. The second kappa shape index (κ2) is 9.73. The van der Waals surface area contributed by atoms with Gasteiger partial charge in [0.25, 0.3) is 0 Å². The molecule has 1 aliphatic carbocycles. The predicted molar refractivity (Wildman–Crippen MR) is 142 cm³/mol. The molecular weight excluding hydrogens is 432 g/mol. The summed E-state index contributed by atoms with van der Waals surface area (Å²) in [5.74, 6) is 0.916. The molecule has 0 saturated carbocycles. The van der Waals surface area contributed by atoms with Gasteiger partial charge in [-0.3, -0.25) is 4.40 Å². The first-order valence-electron chi connectivity index (χ1n) is 12.1. The van der Waals surface area contributed by atoms with Crippen LogP contribution in [0.4, 0.5) is 5.95 Å². The maximum Gasteiger partial charge on any atom is 0.211 e. The van der Waals surface area contributed by atoms with Crippen molar-refractivity contribution in [1.29, 1.82) is 5.26 Å². The normalized spacial score (nSPS) is 19.1. The third kappa shape index (κ3) is 4.55. The summed E-state index contributed by atoms with van der Waals surface area (Å²) in [5, 5.41) is 9.30. The lowest BCUT2D eigenvalue weighted by Gasteiger charge is -2.36. The smallest absolute Gasteiger partial charge is 0.211 e. The summed E-state index contributed by atoms with van der Waals surface area (Å²) < 4.78 is 2.12. The van der Waals surface area contributed by atoms with Gasteiger partial charge in [-0.15, -0.1) is 0 Å². The van der Waals surface area contributed by atoms with Gasteiger partial charge >= 0.3 is 0 Å². The Kier molecular flexibility index (Phi) is 6.35. The Hall–Kier alpha value is -3.95. The minimum atomic E-state index is 0.593. The monoisotopic (exact) mass is 462 g/mol. The molecule has 6 heteroatoms. The molecule has 2 aromatic heterocycles. The molecule has 1 fully saturated rings. The van der Waals surface area contributed by atoms with Gasteiger partial charge in [-0.25, -0.2) is 9.97 Å². The van der Waals surface area contributed by atoms with Crippen molar-refractivity contribution in [2.45, 2.75) is 25.8 Å². The molecule has 0 amide bonds. The molecule has 0 radical (unpaired) electrons. The predicted octanol–water partition coefficient (Wildman–Crippen LogP) is 5.25. The van der Waals surface area contributed by atoms with E-state index < -0.39 is 0 Å². The highest BCUT2D eigenvalue weighted by Gasteiger charge is 2.26. The summed E-state index contributed by atoms with van der Waals surface area (Å²) in [7, 11) is 4.32. The Balaban J connectivity index is 1.68. The SMILES string of the molecule is CC1=C/C=C\C(c2c(-c3ccc(C#N)cc3)nc(N3CCC(N(C)C)CC3)n3ccnc23)=C/C=C1. The number of anilines is 1. The number of imidazole rings is 1. The molecule has 5 rings (SSSR count). The lowest BCUT2D eigenvalue weighted by atomic mass is 9.97. The van der Waals surface area contributed by atoms with Gasteiger partial charge in [0, 0.05) is 37.1 Å². The van der Waals surface area contributed by atoms with E-state index in [0.29, 0.717) is 11.6 Å². The number of allylic oxidation sites excluding steroid dienone is 8. The van der Waals surface area contributed by atoms with Crippen molar-refractivity contribution >= 4 is 17.2 Å². The van der Waals surface area contributed by atoms with Crippen LogP contribution in [0.25, 0.3) is 22.5 Å². The first-order chi connectivity index (χ1) is 17.0. The van der Waals surface area contributed by atoms with Crippen LogP contribution in [0.15, 0.2) is 78.7 Å². The fraction of sp³-hybridized carbons (Fsp3) is 0.276. The van der Waals surface area contributed by atoms with Crippen molar-refractivity contribution in [3.8, 4) is 17.3 Å². The molecule has 0 spiro atoms. The van der Waals surface area contributed by atoms with E-state index in [1.165, 1.54) is 5.57 Å². The van der Waals surface area contributed by atoms with Crippen LogP contribution in [-0.4, -0.2) is 52.5 Å². The Morgan fingerprint density at radius 3 is 2.49 bits per heavy atom. The molecule has 1 saturated heterocycles. The van der Waals surface area contributed by atoms with Gasteiger partial charge in [-0.2, -0.15) is 5.26 Å². The number of nitriles is 1. The van der Waals surface area contributed by atoms with Gasteiger partial charge in [-0.1, -0.05) is 54.2 Å². The number of hydrogen-bond acceptors (Lipinski definition) is 5. The summed E-state index contributed by atoms with van der Waals surface area (Å²) in [6.07, 6.45) is 18.7. The van der Waals surface area contributed by atoms with Crippen LogP contribution in [0.2, 0.25) is 0 Å². The molecular formula is C29H30N6. The Morgan fingerprint density at radius 2 is 1.77 bits per heavy atom. The highest BCUT2D eigenvalue weighted by Crippen LogP contribution is 2.35. The van der Waals surface area contributed by atoms with Gasteiger partial charge in [-0.05, 0) is 51.6 Å². The molecule has 6 nitrogen and oxygen atoms in total. The number of nitrogens with zero attached hydrogens (tertiary/aromatic N) is 6. The van der Waals surface area contributed by atoms with E-state index in [-0.39, 0.29) is 0 Å². The summed E-state index contributed by atoms with van der Waals surface area (Å²) in [5.41, 5.74) is 6.60. The van der Waals surface area contributed by atoms with Crippen LogP contribution in [0.5, 0.6) is 0 Å². The van der Waals surface area contributed by atoms with Crippen LogP contribution >= 0.6 is 0 Å². The Labute approximate surface area is 206 Å². The van der Waals surface area contributed by atoms with Crippen molar-refractivity contribution < 1.29 is 0 Å². The van der Waals surface area contributed by atoms with Crippen LogP contribution < -0.4 is 4.90 Å². The topological polar surface area (TPSA) is 60.5 Å². The molecule has 1 aromatic carbocycles. The van der Waals surface area contributed by atoms with E-state index in [1.54, 1.807) is 0 Å². The minimum Gasteiger partial charge on any atom is -0.342 e. The van der Waals surface area contributed by atoms with Crippen LogP contribution in [-0.2, 0) is 0 Å². The third-order valence-electron chi connectivity index (χ3n) is 6.85. The number of fused-ring (bicyclic) bond motifs is 1.